The number of carbonyl (C=O) groups is 2. The number of alkyl halides is 3. The van der Waals surface area contributed by atoms with Crippen LogP contribution >= 0.6 is 11.6 Å². The fourth-order valence-electron chi connectivity index (χ4n) is 4.74. The molecule has 2 heterocycles. The molecule has 1 aliphatic rings. The Morgan fingerprint density at radius 3 is 2.45 bits per heavy atom. The topological polar surface area (TPSA) is 114 Å². The molecule has 42 heavy (non-hydrogen) atoms. The first kappa shape index (κ1) is 33.0. The number of hydrogen-bond donors (Lipinski definition) is 2. The Labute approximate surface area is 246 Å². The van der Waals surface area contributed by atoms with Crippen LogP contribution in [0.5, 0.6) is 0 Å². The summed E-state index contributed by atoms with van der Waals surface area (Å²) in [6.45, 7) is 3.54. The van der Waals surface area contributed by atoms with E-state index in [9.17, 15) is 22.8 Å². The van der Waals surface area contributed by atoms with Crippen molar-refractivity contribution in [2.45, 2.75) is 50.9 Å². The van der Waals surface area contributed by atoms with Gasteiger partial charge in [0.15, 0.2) is 0 Å². The summed E-state index contributed by atoms with van der Waals surface area (Å²) in [5.41, 5.74) is 1.95. The Hall–Kier alpha value is -3.48. The van der Waals surface area contributed by atoms with Crippen molar-refractivity contribution in [2.75, 3.05) is 33.4 Å². The van der Waals surface area contributed by atoms with Gasteiger partial charge in [-0.2, -0.15) is 18.3 Å². The van der Waals surface area contributed by atoms with Crippen LogP contribution in [0.3, 0.4) is 0 Å². The van der Waals surface area contributed by atoms with Crippen molar-refractivity contribution in [3.8, 4) is 0 Å². The number of nitrogens with one attached hydrogen (secondary N) is 1. The molecule has 9 nitrogen and oxygen atoms in total. The number of likely N-dealkylation sites (tertiary alicyclic amines) is 1. The van der Waals surface area contributed by atoms with E-state index in [1.807, 2.05) is 48.5 Å². The number of hydrogen-bond acceptors (Lipinski definition) is 6. The molecule has 1 fully saturated rings. The fraction of sp³-hybridized carbons (Fsp3) is 0.448. The minimum atomic E-state index is -5.08. The number of carboxylic acids is 1. The van der Waals surface area contributed by atoms with Gasteiger partial charge in [0.2, 0.25) is 5.91 Å². The third-order valence-electron chi connectivity index (χ3n) is 6.83. The number of carboxylic acid groups (broad SMARTS) is 1. The largest absolute Gasteiger partial charge is 0.490 e. The summed E-state index contributed by atoms with van der Waals surface area (Å²) < 4.78 is 38.3. The number of carbonyl (C=O) groups excluding carboxylic acids is 1. The molecule has 0 spiro atoms. The number of methoxy groups -OCH3 is 1. The molecule has 4 rings (SSSR count). The number of ether oxygens (including phenoxy) is 1. The molecule has 2 N–H and O–H groups in total. The zero-order valence-corrected chi connectivity index (χ0v) is 24.0. The van der Waals surface area contributed by atoms with Crippen molar-refractivity contribution in [1.82, 2.24) is 20.0 Å². The van der Waals surface area contributed by atoms with Crippen molar-refractivity contribution < 1.29 is 32.6 Å². The quantitative estimate of drug-likeness (QED) is 0.312. The highest BCUT2D eigenvalue weighted by Crippen LogP contribution is 2.21. The number of aliphatic carboxylic acids is 1. The average Bonchev–Trinajstić information content (AvgIpc) is 3.40. The molecule has 0 bridgehead atoms. The first-order chi connectivity index (χ1) is 20.0. The van der Waals surface area contributed by atoms with Crippen LogP contribution in [0, 0.1) is 0 Å². The molecular formula is C29H34ClF3N4O5. The van der Waals surface area contributed by atoms with E-state index in [1.54, 1.807) is 11.8 Å². The van der Waals surface area contributed by atoms with Crippen LogP contribution in [0.1, 0.15) is 36.9 Å². The molecule has 3 aromatic rings. The summed E-state index contributed by atoms with van der Waals surface area (Å²) in [4.78, 5) is 36.4. The summed E-state index contributed by atoms with van der Waals surface area (Å²) in [6.07, 6.45) is -1.05. The monoisotopic (exact) mass is 610 g/mol. The van der Waals surface area contributed by atoms with Crippen molar-refractivity contribution in [3.63, 3.8) is 0 Å². The van der Waals surface area contributed by atoms with E-state index in [0.29, 0.717) is 42.9 Å². The van der Waals surface area contributed by atoms with E-state index in [2.05, 4.69) is 10.2 Å². The van der Waals surface area contributed by atoms with E-state index in [4.69, 9.17) is 31.3 Å². The summed E-state index contributed by atoms with van der Waals surface area (Å²) in [7, 11) is 1.59. The molecule has 1 saturated heterocycles. The summed E-state index contributed by atoms with van der Waals surface area (Å²) in [6, 6.07) is 15.7. The van der Waals surface area contributed by atoms with E-state index in [0.717, 1.165) is 49.0 Å². The van der Waals surface area contributed by atoms with E-state index < -0.39 is 12.1 Å². The molecule has 13 heteroatoms. The number of fused-ring (bicyclic) bond motifs is 1. The normalized spacial score (nSPS) is 15.3. The molecule has 0 radical (unpaired) electrons. The van der Waals surface area contributed by atoms with Crippen LogP contribution in [0.25, 0.3) is 10.8 Å². The molecule has 1 atom stereocenters. The second kappa shape index (κ2) is 15.7. The predicted octanol–water partition coefficient (Wildman–Crippen LogP) is 4.28. The molecule has 228 valence electrons. The number of nitrogens with zero attached hydrogens (tertiary/aromatic N) is 3. The van der Waals surface area contributed by atoms with Crippen molar-refractivity contribution in [1.29, 1.82) is 0 Å². The zero-order valence-electron chi connectivity index (χ0n) is 23.2. The molecule has 1 aliphatic heterocycles. The lowest BCUT2D eigenvalue weighted by Gasteiger charge is -2.25. The Morgan fingerprint density at radius 2 is 1.81 bits per heavy atom. The maximum atomic E-state index is 13.3. The van der Waals surface area contributed by atoms with Crippen LogP contribution in [0.15, 0.2) is 53.3 Å². The number of rotatable bonds is 11. The van der Waals surface area contributed by atoms with Crippen molar-refractivity contribution in [3.05, 3.63) is 75.2 Å². The highest BCUT2D eigenvalue weighted by molar-refractivity contribution is 6.30. The van der Waals surface area contributed by atoms with Gasteiger partial charge in [-0.1, -0.05) is 41.9 Å². The van der Waals surface area contributed by atoms with Gasteiger partial charge >= 0.3 is 12.1 Å². The van der Waals surface area contributed by atoms with Gasteiger partial charge in [0.05, 0.1) is 24.2 Å². The highest BCUT2D eigenvalue weighted by Gasteiger charge is 2.38. The van der Waals surface area contributed by atoms with Gasteiger partial charge in [0.1, 0.15) is 0 Å². The molecule has 0 unspecified atom stereocenters. The van der Waals surface area contributed by atoms with Crippen LogP contribution in [0.4, 0.5) is 13.2 Å². The van der Waals surface area contributed by atoms with Crippen LogP contribution in [0.2, 0.25) is 5.02 Å². The minimum absolute atomic E-state index is 0.0185. The average molecular weight is 611 g/mol. The minimum Gasteiger partial charge on any atom is -0.475 e. The zero-order chi connectivity index (χ0) is 30.7. The highest BCUT2D eigenvalue weighted by atomic mass is 35.5. The molecule has 0 aliphatic carbocycles. The summed E-state index contributed by atoms with van der Waals surface area (Å²) in [5, 5.41) is 17.2. The first-order valence-electron chi connectivity index (χ1n) is 13.5. The maximum absolute atomic E-state index is 13.3. The lowest BCUT2D eigenvalue weighted by atomic mass is 10.0. The molecular weight excluding hydrogens is 577 g/mol. The molecule has 1 amide bonds. The van der Waals surface area contributed by atoms with Gasteiger partial charge in [-0.3, -0.25) is 14.5 Å². The maximum Gasteiger partial charge on any atom is 0.490 e. The Balaban J connectivity index is 0.000000616. The standard InChI is InChI=1S/C27H33ClN4O3.C2HF3O2/c1-35-17-13-26(33)29-14-5-16-31-15-4-6-22(31)19-32-27(34)24-8-3-2-7-23(24)25(30-32)18-20-9-11-21(28)12-10-20;3-2(4,5)1(6)7/h2-3,7-12,22H,4-6,13-19H2,1H3,(H,29,33);(H,6,7)/t22-;/m1./s1. The number of halogens is 4. The van der Waals surface area contributed by atoms with E-state index in [-0.39, 0.29) is 17.5 Å². The smallest absolute Gasteiger partial charge is 0.475 e. The molecule has 1 aromatic heterocycles. The lowest BCUT2D eigenvalue weighted by molar-refractivity contribution is -0.192. The number of aromatic nitrogens is 2. The lowest BCUT2D eigenvalue weighted by Crippen LogP contribution is -2.39. The Kier molecular flexibility index (Phi) is 12.3. The second-order valence-corrected chi connectivity index (χ2v) is 10.3. The van der Waals surface area contributed by atoms with Crippen LogP contribution in [-0.4, -0.2) is 77.2 Å². The van der Waals surface area contributed by atoms with E-state index >= 15 is 0 Å². The summed E-state index contributed by atoms with van der Waals surface area (Å²) in [5.74, 6) is -2.74. The van der Waals surface area contributed by atoms with Crippen LogP contribution in [-0.2, 0) is 27.3 Å². The Morgan fingerprint density at radius 1 is 1.14 bits per heavy atom. The van der Waals surface area contributed by atoms with Gasteiger partial charge in [-0.15, -0.1) is 0 Å². The summed E-state index contributed by atoms with van der Waals surface area (Å²) >= 11 is 6.05. The second-order valence-electron chi connectivity index (χ2n) is 9.86. The predicted molar refractivity (Wildman–Crippen MR) is 153 cm³/mol. The van der Waals surface area contributed by atoms with Gasteiger partial charge in [0, 0.05) is 49.5 Å². The number of benzene rings is 2. The number of amides is 1. The van der Waals surface area contributed by atoms with Gasteiger partial charge in [-0.25, -0.2) is 9.48 Å². The molecule has 0 saturated carbocycles. The third-order valence-corrected chi connectivity index (χ3v) is 7.08. The third kappa shape index (κ3) is 9.81. The first-order valence-corrected chi connectivity index (χ1v) is 13.9. The Bertz CT molecular complexity index is 1400. The van der Waals surface area contributed by atoms with Crippen molar-refractivity contribution in [2.24, 2.45) is 0 Å². The van der Waals surface area contributed by atoms with Gasteiger partial charge in [0.25, 0.3) is 5.56 Å². The van der Waals surface area contributed by atoms with Crippen molar-refractivity contribution >= 4 is 34.2 Å². The van der Waals surface area contributed by atoms with Gasteiger partial charge in [-0.05, 0) is 49.6 Å². The van der Waals surface area contributed by atoms with Gasteiger partial charge < -0.3 is 15.2 Å². The van der Waals surface area contributed by atoms with Crippen LogP contribution < -0.4 is 10.9 Å². The van der Waals surface area contributed by atoms with E-state index in [1.165, 1.54) is 0 Å². The molecule has 2 aromatic carbocycles. The fourth-order valence-corrected chi connectivity index (χ4v) is 4.87. The SMILES string of the molecule is COCCC(=O)NCCCN1CCC[C@@H]1Cn1nc(Cc2ccc(Cl)cc2)c2ccccc2c1=O.O=C(O)C(F)(F)F.